The van der Waals surface area contributed by atoms with E-state index in [1.54, 1.807) is 43.3 Å². The highest BCUT2D eigenvalue weighted by Crippen LogP contribution is 2.37. The number of pyridine rings is 1. The van der Waals surface area contributed by atoms with Crippen LogP contribution in [0, 0.1) is 11.3 Å². The van der Waals surface area contributed by atoms with Gasteiger partial charge in [0.1, 0.15) is 17.1 Å². The van der Waals surface area contributed by atoms with Gasteiger partial charge in [-0.25, -0.2) is 0 Å². The summed E-state index contributed by atoms with van der Waals surface area (Å²) in [5, 5.41) is 10.9. The standard InChI is InChI=1S/C25H18FN3O5S/c1-3-33-22-12-19-21(11-18(22)15-5-4-6-16(10-15)34-35(26,31)32)29(2)25-23(24(19)30)17-8-7-14(13-27)9-20(17)28-25/h4-12,28H,3H2,1-2H3. The van der Waals surface area contributed by atoms with E-state index in [-0.39, 0.29) is 11.2 Å². The van der Waals surface area contributed by atoms with Gasteiger partial charge in [-0.05, 0) is 48.9 Å². The Labute approximate surface area is 199 Å². The molecule has 35 heavy (non-hydrogen) atoms. The first-order chi connectivity index (χ1) is 16.7. The Morgan fingerprint density at radius 1 is 1.11 bits per heavy atom. The van der Waals surface area contributed by atoms with Gasteiger partial charge in [-0.3, -0.25) is 4.79 Å². The molecule has 5 aromatic rings. The zero-order chi connectivity index (χ0) is 24.9. The Morgan fingerprint density at radius 2 is 1.91 bits per heavy atom. The Morgan fingerprint density at radius 3 is 2.63 bits per heavy atom. The number of halogens is 1. The Hall–Kier alpha value is -4.36. The first-order valence-electron chi connectivity index (χ1n) is 10.6. The van der Waals surface area contributed by atoms with E-state index in [1.165, 1.54) is 18.2 Å². The van der Waals surface area contributed by atoms with Crippen molar-refractivity contribution in [2.75, 3.05) is 6.61 Å². The van der Waals surface area contributed by atoms with E-state index in [0.717, 1.165) is 0 Å². The molecule has 0 radical (unpaired) electrons. The van der Waals surface area contributed by atoms with Crippen molar-refractivity contribution < 1.29 is 21.2 Å². The summed E-state index contributed by atoms with van der Waals surface area (Å²) < 4.78 is 47.0. The van der Waals surface area contributed by atoms with Crippen molar-refractivity contribution in [3.05, 3.63) is 70.4 Å². The third-order valence-electron chi connectivity index (χ3n) is 5.81. The molecule has 0 saturated heterocycles. The van der Waals surface area contributed by atoms with Crippen LogP contribution in [-0.2, 0) is 17.6 Å². The van der Waals surface area contributed by atoms with Crippen molar-refractivity contribution in [1.29, 1.82) is 5.26 Å². The van der Waals surface area contributed by atoms with Crippen molar-refractivity contribution >= 4 is 43.3 Å². The number of ether oxygens (including phenoxy) is 1. The number of benzene rings is 3. The monoisotopic (exact) mass is 491 g/mol. The highest BCUT2D eigenvalue weighted by atomic mass is 32.3. The van der Waals surface area contributed by atoms with Crippen LogP contribution in [0.4, 0.5) is 3.89 Å². The van der Waals surface area contributed by atoms with Crippen LogP contribution >= 0.6 is 0 Å². The minimum absolute atomic E-state index is 0.194. The molecular weight excluding hydrogens is 473 g/mol. The SMILES string of the molecule is CCOc1cc2c(=O)c3c4ccc(C#N)cc4[nH]c3n(C)c2cc1-c1cccc(OS(=O)(=O)F)c1. The van der Waals surface area contributed by atoms with Crippen LogP contribution in [0.25, 0.3) is 44.0 Å². The summed E-state index contributed by atoms with van der Waals surface area (Å²) >= 11 is 0. The Kier molecular flexibility index (Phi) is 5.22. The normalized spacial score (nSPS) is 11.7. The summed E-state index contributed by atoms with van der Waals surface area (Å²) in [4.78, 5) is 16.8. The first-order valence-corrected chi connectivity index (χ1v) is 11.9. The van der Waals surface area contributed by atoms with Crippen LogP contribution in [0.15, 0.2) is 59.4 Å². The van der Waals surface area contributed by atoms with Gasteiger partial charge in [0.2, 0.25) is 0 Å². The molecule has 3 aromatic carbocycles. The van der Waals surface area contributed by atoms with E-state index in [4.69, 9.17) is 4.74 Å². The molecule has 2 heterocycles. The Balaban J connectivity index is 1.82. The topological polar surface area (TPSA) is 114 Å². The number of hydrogen-bond donors (Lipinski definition) is 1. The maximum Gasteiger partial charge on any atom is 0.488 e. The van der Waals surface area contributed by atoms with Gasteiger partial charge < -0.3 is 18.5 Å². The van der Waals surface area contributed by atoms with Crippen molar-refractivity contribution in [2.24, 2.45) is 7.05 Å². The van der Waals surface area contributed by atoms with Gasteiger partial charge in [-0.2, -0.15) is 13.7 Å². The minimum Gasteiger partial charge on any atom is -0.493 e. The predicted octanol–water partition coefficient (Wildman–Crippen LogP) is 4.70. The molecule has 5 rings (SSSR count). The van der Waals surface area contributed by atoms with E-state index >= 15 is 0 Å². The zero-order valence-corrected chi connectivity index (χ0v) is 19.4. The van der Waals surface area contributed by atoms with Crippen LogP contribution in [-0.4, -0.2) is 24.6 Å². The lowest BCUT2D eigenvalue weighted by atomic mass is 10.0. The number of H-pyrrole nitrogens is 1. The van der Waals surface area contributed by atoms with Crippen molar-refractivity contribution in [3.8, 4) is 28.7 Å². The van der Waals surface area contributed by atoms with Crippen LogP contribution in [0.5, 0.6) is 11.5 Å². The van der Waals surface area contributed by atoms with E-state index in [9.17, 15) is 22.4 Å². The second kappa shape index (κ2) is 8.14. The molecule has 2 aromatic heterocycles. The number of aryl methyl sites for hydroxylation is 1. The van der Waals surface area contributed by atoms with Crippen LogP contribution in [0.3, 0.4) is 0 Å². The fraction of sp³-hybridized carbons (Fsp3) is 0.120. The second-order valence-electron chi connectivity index (χ2n) is 7.91. The lowest BCUT2D eigenvalue weighted by Gasteiger charge is -2.15. The van der Waals surface area contributed by atoms with Crippen molar-refractivity contribution in [3.63, 3.8) is 0 Å². The number of hydrogen-bond acceptors (Lipinski definition) is 6. The molecule has 0 unspecified atom stereocenters. The van der Waals surface area contributed by atoms with Crippen molar-refractivity contribution in [1.82, 2.24) is 9.55 Å². The summed E-state index contributed by atoms with van der Waals surface area (Å²) in [7, 11) is -3.38. The predicted molar refractivity (Wildman–Crippen MR) is 131 cm³/mol. The molecule has 10 heteroatoms. The lowest BCUT2D eigenvalue weighted by Crippen LogP contribution is -2.09. The smallest absolute Gasteiger partial charge is 0.488 e. The fourth-order valence-corrected chi connectivity index (χ4v) is 4.68. The number of rotatable bonds is 5. The van der Waals surface area contributed by atoms with Crippen LogP contribution < -0.4 is 14.3 Å². The van der Waals surface area contributed by atoms with E-state index in [1.807, 2.05) is 11.6 Å². The van der Waals surface area contributed by atoms with Gasteiger partial charge in [-0.15, -0.1) is 0 Å². The molecule has 0 bridgehead atoms. The molecule has 1 N–H and O–H groups in total. The number of aromatic amines is 1. The van der Waals surface area contributed by atoms with Gasteiger partial charge in [0.25, 0.3) is 0 Å². The summed E-state index contributed by atoms with van der Waals surface area (Å²) in [5.41, 5.74) is 3.21. The molecule has 0 spiro atoms. The molecule has 8 nitrogen and oxygen atoms in total. The molecule has 0 amide bonds. The van der Waals surface area contributed by atoms with Crippen molar-refractivity contribution in [2.45, 2.75) is 6.92 Å². The third-order valence-corrected chi connectivity index (χ3v) is 6.21. The molecule has 0 aliphatic carbocycles. The lowest BCUT2D eigenvalue weighted by molar-refractivity contribution is 0.342. The van der Waals surface area contributed by atoms with E-state index in [0.29, 0.717) is 61.9 Å². The zero-order valence-electron chi connectivity index (χ0n) is 18.6. The van der Waals surface area contributed by atoms with Gasteiger partial charge in [0.05, 0.1) is 34.5 Å². The average Bonchev–Trinajstić information content (AvgIpc) is 3.20. The number of nitrogens with zero attached hydrogens (tertiary/aromatic N) is 2. The van der Waals surface area contributed by atoms with E-state index in [2.05, 4.69) is 15.2 Å². The first kappa shape index (κ1) is 22.4. The van der Waals surface area contributed by atoms with E-state index < -0.39 is 10.5 Å². The summed E-state index contributed by atoms with van der Waals surface area (Å²) in [6.45, 7) is 2.12. The second-order valence-corrected chi connectivity index (χ2v) is 8.86. The largest absolute Gasteiger partial charge is 0.493 e. The summed E-state index contributed by atoms with van der Waals surface area (Å²) in [6, 6.07) is 16.6. The number of nitrogens with one attached hydrogen (secondary N) is 1. The maximum absolute atomic E-state index is 13.6. The summed E-state index contributed by atoms with van der Waals surface area (Å²) in [6.07, 6.45) is 0. The number of aromatic nitrogens is 2. The highest BCUT2D eigenvalue weighted by molar-refractivity contribution is 7.81. The Bertz CT molecular complexity index is 1870. The molecule has 0 aliphatic rings. The molecule has 0 aliphatic heterocycles. The average molecular weight is 492 g/mol. The molecular formula is C25H18FN3O5S. The molecule has 0 atom stereocenters. The maximum atomic E-state index is 13.6. The quantitative estimate of drug-likeness (QED) is 0.356. The third kappa shape index (κ3) is 3.86. The molecule has 0 fully saturated rings. The highest BCUT2D eigenvalue weighted by Gasteiger charge is 2.19. The van der Waals surface area contributed by atoms with Gasteiger partial charge in [0.15, 0.2) is 5.43 Å². The van der Waals surface area contributed by atoms with Crippen LogP contribution in [0.1, 0.15) is 12.5 Å². The van der Waals surface area contributed by atoms with Gasteiger partial charge in [-0.1, -0.05) is 22.1 Å². The number of nitriles is 1. The van der Waals surface area contributed by atoms with Gasteiger partial charge in [0, 0.05) is 23.5 Å². The minimum atomic E-state index is -5.19. The summed E-state index contributed by atoms with van der Waals surface area (Å²) in [5.74, 6) is 0.212. The fourth-order valence-electron chi connectivity index (χ4n) is 4.35. The number of fused-ring (bicyclic) bond motifs is 4. The molecule has 176 valence electrons. The van der Waals surface area contributed by atoms with Crippen LogP contribution in [0.2, 0.25) is 0 Å². The van der Waals surface area contributed by atoms with Gasteiger partial charge >= 0.3 is 10.5 Å². The molecule has 0 saturated carbocycles.